The Bertz CT molecular complexity index is 936. The summed E-state index contributed by atoms with van der Waals surface area (Å²) in [5.41, 5.74) is 3.73. The minimum absolute atomic E-state index is 0.260. The highest BCUT2D eigenvalue weighted by atomic mass is 16.1. The van der Waals surface area contributed by atoms with E-state index in [1.165, 1.54) is 21.2 Å². The molecule has 1 aromatic carbocycles. The summed E-state index contributed by atoms with van der Waals surface area (Å²) >= 11 is 0. The van der Waals surface area contributed by atoms with Gasteiger partial charge in [0.1, 0.15) is 5.82 Å². The summed E-state index contributed by atoms with van der Waals surface area (Å²) in [6.07, 6.45) is 1.72. The Hall–Kier alpha value is -2.83. The second-order valence-electron chi connectivity index (χ2n) is 6.18. The number of anilines is 2. The SMILES string of the molecule is Cc1cccc(N2CCN(c3ccn4c(=O)[nH]nc4n3)CC2)c1C. The van der Waals surface area contributed by atoms with Crippen LogP contribution in [0.15, 0.2) is 35.3 Å². The van der Waals surface area contributed by atoms with Crippen molar-refractivity contribution < 1.29 is 0 Å². The van der Waals surface area contributed by atoms with Crippen molar-refractivity contribution in [3.05, 3.63) is 52.1 Å². The normalized spacial score (nSPS) is 15.2. The molecule has 1 N–H and O–H groups in total. The molecule has 0 saturated carbocycles. The second-order valence-corrected chi connectivity index (χ2v) is 6.18. The summed E-state index contributed by atoms with van der Waals surface area (Å²) in [6.45, 7) is 8.02. The van der Waals surface area contributed by atoms with E-state index in [4.69, 9.17) is 0 Å². The molecule has 0 atom stereocenters. The molecule has 0 radical (unpaired) electrons. The largest absolute Gasteiger partial charge is 0.368 e. The maximum Gasteiger partial charge on any atom is 0.348 e. The minimum Gasteiger partial charge on any atom is -0.368 e. The first kappa shape index (κ1) is 14.7. The van der Waals surface area contributed by atoms with Crippen LogP contribution in [0.4, 0.5) is 11.5 Å². The number of aromatic amines is 1. The molecule has 0 bridgehead atoms. The molecule has 0 unspecified atom stereocenters. The Balaban J connectivity index is 1.52. The molecule has 2 aromatic heterocycles. The van der Waals surface area contributed by atoms with Gasteiger partial charge in [0.15, 0.2) is 0 Å². The lowest BCUT2D eigenvalue weighted by atomic mass is 10.1. The molecule has 124 valence electrons. The van der Waals surface area contributed by atoms with Gasteiger partial charge in [-0.2, -0.15) is 4.98 Å². The highest BCUT2D eigenvalue weighted by Gasteiger charge is 2.20. The van der Waals surface area contributed by atoms with Gasteiger partial charge in [-0.1, -0.05) is 12.1 Å². The number of nitrogens with zero attached hydrogens (tertiary/aromatic N) is 5. The number of hydrogen-bond acceptors (Lipinski definition) is 5. The van der Waals surface area contributed by atoms with Gasteiger partial charge in [-0.15, -0.1) is 5.10 Å². The fraction of sp³-hybridized carbons (Fsp3) is 0.353. The summed E-state index contributed by atoms with van der Waals surface area (Å²) in [6, 6.07) is 8.34. The van der Waals surface area contributed by atoms with Crippen molar-refractivity contribution in [2.75, 3.05) is 36.0 Å². The molecule has 0 aliphatic carbocycles. The van der Waals surface area contributed by atoms with Crippen LogP contribution < -0.4 is 15.5 Å². The van der Waals surface area contributed by atoms with Crippen LogP contribution in [0.3, 0.4) is 0 Å². The van der Waals surface area contributed by atoms with Gasteiger partial charge < -0.3 is 9.80 Å². The average Bonchev–Trinajstić information content (AvgIpc) is 2.98. The van der Waals surface area contributed by atoms with Crippen LogP contribution in [0.25, 0.3) is 5.78 Å². The lowest BCUT2D eigenvalue weighted by molar-refractivity contribution is 0.646. The lowest BCUT2D eigenvalue weighted by Gasteiger charge is -2.37. The number of aromatic nitrogens is 4. The number of rotatable bonds is 2. The van der Waals surface area contributed by atoms with Gasteiger partial charge in [0.25, 0.3) is 5.78 Å². The van der Waals surface area contributed by atoms with Gasteiger partial charge in [0, 0.05) is 38.1 Å². The van der Waals surface area contributed by atoms with Crippen molar-refractivity contribution in [3.63, 3.8) is 0 Å². The Morgan fingerprint density at radius 1 is 1.04 bits per heavy atom. The first-order chi connectivity index (χ1) is 11.6. The molecule has 0 spiro atoms. The maximum atomic E-state index is 11.5. The fourth-order valence-corrected chi connectivity index (χ4v) is 3.22. The third kappa shape index (κ3) is 2.42. The summed E-state index contributed by atoms with van der Waals surface area (Å²) in [7, 11) is 0. The van der Waals surface area contributed by atoms with Crippen LogP contribution in [0.2, 0.25) is 0 Å². The average molecular weight is 324 g/mol. The number of piperazine rings is 1. The molecule has 3 aromatic rings. The zero-order valence-electron chi connectivity index (χ0n) is 13.9. The van der Waals surface area contributed by atoms with Crippen LogP contribution in [-0.4, -0.2) is 45.8 Å². The highest BCUT2D eigenvalue weighted by Crippen LogP contribution is 2.24. The summed E-state index contributed by atoms with van der Waals surface area (Å²) in [5, 5.41) is 6.35. The number of fused-ring (bicyclic) bond motifs is 1. The maximum absolute atomic E-state index is 11.5. The van der Waals surface area contributed by atoms with E-state index in [9.17, 15) is 4.79 Å². The van der Waals surface area contributed by atoms with Crippen molar-refractivity contribution in [2.45, 2.75) is 13.8 Å². The zero-order chi connectivity index (χ0) is 16.7. The molecule has 1 aliphatic rings. The Morgan fingerprint density at radius 2 is 1.79 bits per heavy atom. The van der Waals surface area contributed by atoms with Gasteiger partial charge in [0.05, 0.1) is 0 Å². The number of benzene rings is 1. The first-order valence-electron chi connectivity index (χ1n) is 8.13. The molecule has 7 heteroatoms. The van der Waals surface area contributed by atoms with Crippen LogP contribution in [0, 0.1) is 13.8 Å². The quantitative estimate of drug-likeness (QED) is 0.771. The predicted octanol–water partition coefficient (Wildman–Crippen LogP) is 1.36. The van der Waals surface area contributed by atoms with E-state index in [1.54, 1.807) is 6.20 Å². The highest BCUT2D eigenvalue weighted by molar-refractivity contribution is 5.57. The van der Waals surface area contributed by atoms with Crippen molar-refractivity contribution >= 4 is 17.3 Å². The smallest absolute Gasteiger partial charge is 0.348 e. The Morgan fingerprint density at radius 3 is 2.58 bits per heavy atom. The van der Waals surface area contributed by atoms with E-state index in [1.807, 2.05) is 6.07 Å². The van der Waals surface area contributed by atoms with Gasteiger partial charge in [0.2, 0.25) is 0 Å². The third-order valence-corrected chi connectivity index (χ3v) is 4.79. The fourth-order valence-electron chi connectivity index (χ4n) is 3.22. The molecule has 7 nitrogen and oxygen atoms in total. The standard InChI is InChI=1S/C17H20N6O/c1-12-4-3-5-14(13(12)2)21-8-10-22(11-9-21)15-6-7-23-16(18-15)19-20-17(23)24/h3-7H,8-11H2,1-2H3,(H,20,24). The predicted molar refractivity (Wildman–Crippen MR) is 93.9 cm³/mol. The number of H-pyrrole nitrogens is 1. The number of aryl methyl sites for hydroxylation is 1. The summed E-state index contributed by atoms with van der Waals surface area (Å²) < 4.78 is 1.41. The van der Waals surface area contributed by atoms with Gasteiger partial charge in [-0.05, 0) is 37.1 Å². The van der Waals surface area contributed by atoms with E-state index in [-0.39, 0.29) is 5.69 Å². The molecule has 1 saturated heterocycles. The zero-order valence-corrected chi connectivity index (χ0v) is 13.9. The molecule has 0 amide bonds. The van der Waals surface area contributed by atoms with Gasteiger partial charge in [-0.3, -0.25) is 0 Å². The Labute approximate surface area is 139 Å². The van der Waals surface area contributed by atoms with Crippen molar-refractivity contribution in [3.8, 4) is 0 Å². The van der Waals surface area contributed by atoms with Crippen molar-refractivity contribution in [2.24, 2.45) is 0 Å². The first-order valence-corrected chi connectivity index (χ1v) is 8.13. The van der Waals surface area contributed by atoms with E-state index >= 15 is 0 Å². The summed E-state index contributed by atoms with van der Waals surface area (Å²) in [5.74, 6) is 1.27. The van der Waals surface area contributed by atoms with Gasteiger partial charge in [-0.25, -0.2) is 14.3 Å². The Kier molecular flexibility index (Phi) is 3.48. The summed E-state index contributed by atoms with van der Waals surface area (Å²) in [4.78, 5) is 20.7. The van der Waals surface area contributed by atoms with Crippen LogP contribution in [0.5, 0.6) is 0 Å². The topological polar surface area (TPSA) is 69.5 Å². The molecule has 3 heterocycles. The second kappa shape index (κ2) is 5.67. The minimum atomic E-state index is -0.260. The molecule has 1 aliphatic heterocycles. The van der Waals surface area contributed by atoms with E-state index in [2.05, 4.69) is 57.0 Å². The van der Waals surface area contributed by atoms with Crippen LogP contribution in [0.1, 0.15) is 11.1 Å². The van der Waals surface area contributed by atoms with Crippen molar-refractivity contribution in [1.82, 2.24) is 19.6 Å². The lowest BCUT2D eigenvalue weighted by Crippen LogP contribution is -2.47. The van der Waals surface area contributed by atoms with Crippen LogP contribution in [-0.2, 0) is 0 Å². The van der Waals surface area contributed by atoms with E-state index in [0.717, 1.165) is 32.0 Å². The molecular weight excluding hydrogens is 304 g/mol. The van der Waals surface area contributed by atoms with Crippen molar-refractivity contribution in [1.29, 1.82) is 0 Å². The molecule has 24 heavy (non-hydrogen) atoms. The molecule has 1 fully saturated rings. The van der Waals surface area contributed by atoms with E-state index < -0.39 is 0 Å². The molecular formula is C17H20N6O. The monoisotopic (exact) mass is 324 g/mol. The molecule has 4 rings (SSSR count). The number of hydrogen-bond donors (Lipinski definition) is 1. The number of nitrogens with one attached hydrogen (secondary N) is 1. The van der Waals surface area contributed by atoms with Gasteiger partial charge >= 0.3 is 5.69 Å². The van der Waals surface area contributed by atoms with Crippen LogP contribution >= 0.6 is 0 Å². The third-order valence-electron chi connectivity index (χ3n) is 4.79. The van der Waals surface area contributed by atoms with E-state index in [0.29, 0.717) is 5.78 Å².